The Morgan fingerprint density at radius 3 is 2.92 bits per heavy atom. The van der Waals surface area contributed by atoms with E-state index in [1.54, 1.807) is 6.20 Å². The number of nitrogens with zero attached hydrogens (tertiary/aromatic N) is 1. The molecule has 2 N–H and O–H groups in total. The summed E-state index contributed by atoms with van der Waals surface area (Å²) in [5, 5.41) is 12.5. The van der Waals surface area contributed by atoms with E-state index >= 15 is 0 Å². The maximum atomic E-state index is 11.3. The first-order valence-electron chi connectivity index (χ1n) is 8.52. The van der Waals surface area contributed by atoms with Crippen molar-refractivity contribution in [1.82, 2.24) is 4.98 Å². The molecule has 0 bridgehead atoms. The van der Waals surface area contributed by atoms with Crippen LogP contribution in [0.2, 0.25) is 0 Å². The molecule has 5 nitrogen and oxygen atoms in total. The van der Waals surface area contributed by atoms with Crippen molar-refractivity contribution in [3.05, 3.63) is 58.3 Å². The molecule has 2 aromatic rings. The van der Waals surface area contributed by atoms with Crippen molar-refractivity contribution < 1.29 is 14.6 Å². The Balaban J connectivity index is 1.80. The first-order valence-corrected chi connectivity index (χ1v) is 8.97. The SMILES string of the molecule is C/C(S)=C(/C)c1ccc2c(c1)OCC[C@@H]2CNc1cnccc1C(=O)O. The molecule has 0 saturated carbocycles. The summed E-state index contributed by atoms with van der Waals surface area (Å²) in [5.41, 5.74) is 4.13. The lowest BCUT2D eigenvalue weighted by Crippen LogP contribution is -2.21. The Hall–Kier alpha value is -2.47. The second-order valence-corrected chi connectivity index (χ2v) is 7.08. The number of allylic oxidation sites excluding steroid dienone is 2. The van der Waals surface area contributed by atoms with E-state index in [4.69, 9.17) is 4.74 Å². The van der Waals surface area contributed by atoms with Gasteiger partial charge in [0.15, 0.2) is 0 Å². The van der Waals surface area contributed by atoms with Crippen LogP contribution in [0, 0.1) is 0 Å². The van der Waals surface area contributed by atoms with Gasteiger partial charge in [0.05, 0.1) is 24.1 Å². The molecule has 0 fully saturated rings. The van der Waals surface area contributed by atoms with Crippen LogP contribution in [0.5, 0.6) is 5.75 Å². The minimum atomic E-state index is -0.962. The summed E-state index contributed by atoms with van der Waals surface area (Å²) in [6.45, 7) is 5.29. The zero-order valence-electron chi connectivity index (χ0n) is 14.8. The van der Waals surface area contributed by atoms with Gasteiger partial charge < -0.3 is 15.2 Å². The summed E-state index contributed by atoms with van der Waals surface area (Å²) in [5.74, 6) is 0.173. The fourth-order valence-corrected chi connectivity index (χ4v) is 3.20. The van der Waals surface area contributed by atoms with Crippen LogP contribution in [-0.2, 0) is 0 Å². The summed E-state index contributed by atoms with van der Waals surface area (Å²) in [6, 6.07) is 7.74. The number of aromatic carboxylic acids is 1. The third-order valence-corrected chi connectivity index (χ3v) is 5.08. The number of carboxylic acid groups (broad SMARTS) is 1. The van der Waals surface area contributed by atoms with Crippen LogP contribution >= 0.6 is 12.6 Å². The van der Waals surface area contributed by atoms with Gasteiger partial charge in [0.2, 0.25) is 0 Å². The van der Waals surface area contributed by atoms with Gasteiger partial charge in [0.25, 0.3) is 0 Å². The maximum absolute atomic E-state index is 11.3. The molecule has 0 aliphatic carbocycles. The number of aromatic nitrogens is 1. The second kappa shape index (κ2) is 7.83. The number of ether oxygens (including phenoxy) is 1. The van der Waals surface area contributed by atoms with Crippen molar-refractivity contribution >= 4 is 29.9 Å². The topological polar surface area (TPSA) is 71.5 Å². The smallest absolute Gasteiger partial charge is 0.337 e. The molecule has 0 saturated heterocycles. The number of nitrogens with one attached hydrogen (secondary N) is 1. The van der Waals surface area contributed by atoms with Crippen LogP contribution in [0.3, 0.4) is 0 Å². The first kappa shape index (κ1) is 18.3. The van der Waals surface area contributed by atoms with Gasteiger partial charge in [-0.1, -0.05) is 12.1 Å². The lowest BCUT2D eigenvalue weighted by atomic mass is 9.91. The standard InChI is InChI=1S/C20H22N2O3S/c1-12(13(2)26)14-3-4-16-15(6-8-25-19(16)9-14)10-22-18-11-21-7-5-17(18)20(23)24/h3-5,7,9,11,15,22,26H,6,8,10H2,1-2H3,(H,23,24)/b13-12+/t15-/m1/s1. The highest BCUT2D eigenvalue weighted by Gasteiger charge is 2.22. The molecule has 136 valence electrons. The fourth-order valence-electron chi connectivity index (χ4n) is 3.07. The summed E-state index contributed by atoms with van der Waals surface area (Å²) < 4.78 is 5.86. The van der Waals surface area contributed by atoms with E-state index < -0.39 is 5.97 Å². The van der Waals surface area contributed by atoms with Gasteiger partial charge in [-0.3, -0.25) is 4.98 Å². The van der Waals surface area contributed by atoms with E-state index in [9.17, 15) is 9.90 Å². The van der Waals surface area contributed by atoms with Gasteiger partial charge in [-0.2, -0.15) is 0 Å². The van der Waals surface area contributed by atoms with E-state index in [1.165, 1.54) is 12.3 Å². The number of pyridine rings is 1. The Morgan fingerprint density at radius 2 is 2.19 bits per heavy atom. The minimum absolute atomic E-state index is 0.229. The zero-order valence-corrected chi connectivity index (χ0v) is 15.7. The number of carboxylic acids is 1. The number of hydrogen-bond acceptors (Lipinski definition) is 5. The summed E-state index contributed by atoms with van der Waals surface area (Å²) in [7, 11) is 0. The van der Waals surface area contributed by atoms with Crippen molar-refractivity contribution in [2.75, 3.05) is 18.5 Å². The highest BCUT2D eigenvalue weighted by atomic mass is 32.1. The highest BCUT2D eigenvalue weighted by molar-refractivity contribution is 7.84. The highest BCUT2D eigenvalue weighted by Crippen LogP contribution is 2.36. The average molecular weight is 370 g/mol. The number of thiol groups is 1. The third-order valence-electron chi connectivity index (χ3n) is 4.74. The predicted octanol–water partition coefficient (Wildman–Crippen LogP) is 4.44. The number of anilines is 1. The normalized spacial score (nSPS) is 17.0. The molecule has 6 heteroatoms. The van der Waals surface area contributed by atoms with E-state index in [2.05, 4.69) is 41.1 Å². The van der Waals surface area contributed by atoms with Crippen molar-refractivity contribution in [3.63, 3.8) is 0 Å². The zero-order chi connectivity index (χ0) is 18.7. The number of fused-ring (bicyclic) bond motifs is 1. The van der Waals surface area contributed by atoms with Crippen molar-refractivity contribution in [2.24, 2.45) is 0 Å². The van der Waals surface area contributed by atoms with Gasteiger partial charge in [0.1, 0.15) is 5.75 Å². The molecule has 1 aliphatic heterocycles. The summed E-state index contributed by atoms with van der Waals surface area (Å²) >= 11 is 4.42. The van der Waals surface area contributed by atoms with Crippen LogP contribution in [0.25, 0.3) is 5.57 Å². The summed E-state index contributed by atoms with van der Waals surface area (Å²) in [6.07, 6.45) is 3.91. The molecule has 0 amide bonds. The van der Waals surface area contributed by atoms with Gasteiger partial charge in [-0.05, 0) is 54.0 Å². The quantitative estimate of drug-likeness (QED) is 0.679. The van der Waals surface area contributed by atoms with Crippen molar-refractivity contribution in [1.29, 1.82) is 0 Å². The lowest BCUT2D eigenvalue weighted by Gasteiger charge is -2.27. The van der Waals surface area contributed by atoms with Gasteiger partial charge in [-0.25, -0.2) is 4.79 Å². The third kappa shape index (κ3) is 3.85. The van der Waals surface area contributed by atoms with Crippen LogP contribution in [0.15, 0.2) is 41.6 Å². The van der Waals surface area contributed by atoms with Crippen LogP contribution < -0.4 is 10.1 Å². The van der Waals surface area contributed by atoms with Crippen LogP contribution in [-0.4, -0.2) is 29.2 Å². The van der Waals surface area contributed by atoms with E-state index in [-0.39, 0.29) is 11.5 Å². The Morgan fingerprint density at radius 1 is 1.38 bits per heavy atom. The maximum Gasteiger partial charge on any atom is 0.337 e. The molecule has 0 spiro atoms. The predicted molar refractivity (Wildman–Crippen MR) is 106 cm³/mol. The molecule has 1 aromatic carbocycles. The molecule has 2 heterocycles. The van der Waals surface area contributed by atoms with Gasteiger partial charge >= 0.3 is 5.97 Å². The lowest BCUT2D eigenvalue weighted by molar-refractivity contribution is 0.0697. The second-order valence-electron chi connectivity index (χ2n) is 6.40. The van der Waals surface area contributed by atoms with Crippen LogP contribution in [0.1, 0.15) is 47.7 Å². The first-order chi connectivity index (χ1) is 12.5. The molecular weight excluding hydrogens is 348 g/mol. The van der Waals surface area contributed by atoms with E-state index in [0.717, 1.165) is 33.8 Å². The summed E-state index contributed by atoms with van der Waals surface area (Å²) in [4.78, 5) is 16.3. The molecule has 3 rings (SSSR count). The molecule has 0 radical (unpaired) electrons. The number of carbonyl (C=O) groups is 1. The number of rotatable bonds is 5. The average Bonchev–Trinajstić information content (AvgIpc) is 2.65. The largest absolute Gasteiger partial charge is 0.493 e. The Labute approximate surface area is 158 Å². The van der Waals surface area contributed by atoms with Gasteiger partial charge in [-0.15, -0.1) is 12.6 Å². The molecule has 1 aliphatic rings. The molecule has 1 aromatic heterocycles. The fraction of sp³-hybridized carbons (Fsp3) is 0.300. The van der Waals surface area contributed by atoms with E-state index in [1.807, 2.05) is 13.8 Å². The van der Waals surface area contributed by atoms with Gasteiger partial charge in [0, 0.05) is 18.7 Å². The molecule has 1 atom stereocenters. The molecule has 26 heavy (non-hydrogen) atoms. The minimum Gasteiger partial charge on any atom is -0.493 e. The van der Waals surface area contributed by atoms with Crippen molar-refractivity contribution in [2.45, 2.75) is 26.2 Å². The molecule has 0 unspecified atom stereocenters. The monoisotopic (exact) mass is 370 g/mol. The number of benzene rings is 1. The van der Waals surface area contributed by atoms with Crippen molar-refractivity contribution in [3.8, 4) is 5.75 Å². The van der Waals surface area contributed by atoms with Crippen LogP contribution in [0.4, 0.5) is 5.69 Å². The van der Waals surface area contributed by atoms with E-state index in [0.29, 0.717) is 18.8 Å². The number of hydrogen-bond donors (Lipinski definition) is 3. The Bertz CT molecular complexity index is 860. The molecular formula is C20H22N2O3S. The Kier molecular flexibility index (Phi) is 5.52.